The second-order valence-electron chi connectivity index (χ2n) is 5.44. The van der Waals surface area contributed by atoms with E-state index in [-0.39, 0.29) is 0 Å². The van der Waals surface area contributed by atoms with Gasteiger partial charge in [-0.1, -0.05) is 76.3 Å². The monoisotopic (exact) mass is 248 g/mol. The summed E-state index contributed by atoms with van der Waals surface area (Å²) in [4.78, 5) is 0. The smallest absolute Gasteiger partial charge is 0.0169 e. The second kappa shape index (κ2) is 14.3. The first-order valence-corrected chi connectivity index (χ1v) is 7.68. The van der Waals surface area contributed by atoms with Gasteiger partial charge in [-0.25, -0.2) is 0 Å². The van der Waals surface area contributed by atoms with Gasteiger partial charge in [0, 0.05) is 0 Å². The predicted molar refractivity (Wildman–Crippen MR) is 84.9 cm³/mol. The highest BCUT2D eigenvalue weighted by Crippen LogP contribution is 2.11. The molecule has 0 nitrogen and oxygen atoms in total. The van der Waals surface area contributed by atoms with Gasteiger partial charge in [-0.05, 0) is 31.6 Å². The maximum Gasteiger partial charge on any atom is -0.0169 e. The summed E-state index contributed by atoms with van der Waals surface area (Å²) < 4.78 is 0. The molecule has 0 atom stereocenters. The lowest BCUT2D eigenvalue weighted by atomic mass is 10.0. The normalized spacial score (nSPS) is 11.9. The highest BCUT2D eigenvalue weighted by Gasteiger charge is 1.93. The Morgan fingerprint density at radius 3 is 2.11 bits per heavy atom. The predicted octanol–water partition coefficient (Wildman–Crippen LogP) is 6.45. The molecular weight excluding hydrogens is 216 g/mol. The number of hydrogen-bond donors (Lipinski definition) is 0. The van der Waals surface area contributed by atoms with Crippen LogP contribution in [0, 0.1) is 5.92 Å². The van der Waals surface area contributed by atoms with Gasteiger partial charge >= 0.3 is 0 Å². The van der Waals surface area contributed by atoms with Crippen molar-refractivity contribution in [3.63, 3.8) is 0 Å². The van der Waals surface area contributed by atoms with Crippen LogP contribution in [0.15, 0.2) is 37.0 Å². The Bertz CT molecular complexity index is 220. The highest BCUT2D eigenvalue weighted by molar-refractivity contribution is 4.95. The van der Waals surface area contributed by atoms with Gasteiger partial charge in [0.25, 0.3) is 0 Å². The molecule has 0 aromatic carbocycles. The summed E-state index contributed by atoms with van der Waals surface area (Å²) in [5.74, 6) is 0.877. The van der Waals surface area contributed by atoms with E-state index in [9.17, 15) is 0 Å². The molecule has 0 saturated carbocycles. The zero-order valence-corrected chi connectivity index (χ0v) is 12.5. The Balaban J connectivity index is 3.15. The van der Waals surface area contributed by atoms with E-state index in [4.69, 9.17) is 0 Å². The summed E-state index contributed by atoms with van der Waals surface area (Å²) >= 11 is 0. The van der Waals surface area contributed by atoms with E-state index in [0.717, 1.165) is 18.8 Å². The molecule has 0 heterocycles. The minimum Gasteiger partial charge on any atom is -0.103 e. The van der Waals surface area contributed by atoms with Gasteiger partial charge in [0.2, 0.25) is 0 Å². The summed E-state index contributed by atoms with van der Waals surface area (Å²) in [5, 5.41) is 0. The molecule has 0 spiro atoms. The van der Waals surface area contributed by atoms with Crippen LogP contribution >= 0.6 is 0 Å². The maximum absolute atomic E-state index is 3.69. The zero-order chi connectivity index (χ0) is 13.5. The minimum atomic E-state index is 0.877. The van der Waals surface area contributed by atoms with Crippen LogP contribution < -0.4 is 0 Å². The SMILES string of the molecule is C=CC/C=C/C/C=C/CCCCCCCC(C)C. The third-order valence-electron chi connectivity index (χ3n) is 3.06. The van der Waals surface area contributed by atoms with Crippen LogP contribution in [0.1, 0.15) is 71.6 Å². The Morgan fingerprint density at radius 1 is 0.778 bits per heavy atom. The van der Waals surface area contributed by atoms with E-state index in [2.05, 4.69) is 44.7 Å². The number of hydrogen-bond acceptors (Lipinski definition) is 0. The van der Waals surface area contributed by atoms with Crippen LogP contribution in [0.4, 0.5) is 0 Å². The van der Waals surface area contributed by atoms with Crippen molar-refractivity contribution in [3.8, 4) is 0 Å². The quantitative estimate of drug-likeness (QED) is 0.275. The summed E-state index contributed by atoms with van der Waals surface area (Å²) in [5.41, 5.74) is 0. The molecule has 104 valence electrons. The molecule has 0 aliphatic carbocycles. The van der Waals surface area contributed by atoms with Crippen LogP contribution in [0.25, 0.3) is 0 Å². The largest absolute Gasteiger partial charge is 0.103 e. The molecule has 0 aromatic rings. The average Bonchev–Trinajstić information content (AvgIpc) is 2.34. The molecule has 0 unspecified atom stereocenters. The van der Waals surface area contributed by atoms with Crippen molar-refractivity contribution < 1.29 is 0 Å². The third-order valence-corrected chi connectivity index (χ3v) is 3.06. The van der Waals surface area contributed by atoms with Gasteiger partial charge < -0.3 is 0 Å². The molecule has 0 heteroatoms. The van der Waals surface area contributed by atoms with Crippen molar-refractivity contribution in [2.75, 3.05) is 0 Å². The first kappa shape index (κ1) is 17.2. The first-order valence-electron chi connectivity index (χ1n) is 7.68. The van der Waals surface area contributed by atoms with Crippen molar-refractivity contribution in [2.24, 2.45) is 5.92 Å². The number of allylic oxidation sites excluding steroid dienone is 5. The van der Waals surface area contributed by atoms with E-state index < -0.39 is 0 Å². The van der Waals surface area contributed by atoms with Crippen molar-refractivity contribution >= 4 is 0 Å². The molecule has 0 aliphatic heterocycles. The molecule has 0 amide bonds. The minimum absolute atomic E-state index is 0.877. The zero-order valence-electron chi connectivity index (χ0n) is 12.5. The highest BCUT2D eigenvalue weighted by atomic mass is 14.0. The summed E-state index contributed by atoms with van der Waals surface area (Å²) in [6.45, 7) is 8.32. The molecule has 0 rings (SSSR count). The lowest BCUT2D eigenvalue weighted by Crippen LogP contribution is -1.86. The van der Waals surface area contributed by atoms with Crippen molar-refractivity contribution in [1.82, 2.24) is 0 Å². The molecule has 0 aliphatic rings. The standard InChI is InChI=1S/C18H32/c1-4-5-6-7-8-9-10-11-12-13-14-15-16-17-18(2)3/h4,6-7,9-10,18H,1,5,8,11-17H2,2-3H3/b7-6+,10-9+. The van der Waals surface area contributed by atoms with Gasteiger partial charge in [0.15, 0.2) is 0 Å². The Kier molecular flexibility index (Phi) is 13.7. The van der Waals surface area contributed by atoms with Crippen LogP contribution in [-0.2, 0) is 0 Å². The Hall–Kier alpha value is -0.780. The molecule has 0 aromatic heterocycles. The van der Waals surface area contributed by atoms with E-state index in [1.54, 1.807) is 0 Å². The van der Waals surface area contributed by atoms with Crippen molar-refractivity contribution in [2.45, 2.75) is 71.6 Å². The summed E-state index contributed by atoms with van der Waals surface area (Å²) in [6.07, 6.45) is 22.6. The van der Waals surface area contributed by atoms with Crippen LogP contribution in [0.2, 0.25) is 0 Å². The number of rotatable bonds is 12. The van der Waals surface area contributed by atoms with Gasteiger partial charge in [0.1, 0.15) is 0 Å². The van der Waals surface area contributed by atoms with E-state index >= 15 is 0 Å². The Labute approximate surface area is 115 Å². The van der Waals surface area contributed by atoms with E-state index in [1.165, 1.54) is 44.9 Å². The van der Waals surface area contributed by atoms with Crippen molar-refractivity contribution in [1.29, 1.82) is 0 Å². The maximum atomic E-state index is 3.69. The molecule has 0 radical (unpaired) electrons. The molecule has 0 saturated heterocycles. The summed E-state index contributed by atoms with van der Waals surface area (Å²) in [7, 11) is 0. The van der Waals surface area contributed by atoms with Gasteiger partial charge in [-0.3, -0.25) is 0 Å². The summed E-state index contributed by atoms with van der Waals surface area (Å²) in [6, 6.07) is 0. The second-order valence-corrected chi connectivity index (χ2v) is 5.44. The average molecular weight is 248 g/mol. The fourth-order valence-corrected chi connectivity index (χ4v) is 1.93. The molecule has 18 heavy (non-hydrogen) atoms. The first-order chi connectivity index (χ1) is 8.77. The lowest BCUT2D eigenvalue weighted by Gasteiger charge is -2.03. The molecule has 0 N–H and O–H groups in total. The molecule has 0 fully saturated rings. The van der Waals surface area contributed by atoms with Crippen LogP contribution in [0.5, 0.6) is 0 Å². The fourth-order valence-electron chi connectivity index (χ4n) is 1.93. The van der Waals surface area contributed by atoms with Crippen molar-refractivity contribution in [3.05, 3.63) is 37.0 Å². The third kappa shape index (κ3) is 15.2. The number of unbranched alkanes of at least 4 members (excludes halogenated alkanes) is 5. The topological polar surface area (TPSA) is 0 Å². The molecular formula is C18H32. The van der Waals surface area contributed by atoms with Gasteiger partial charge in [-0.15, -0.1) is 6.58 Å². The van der Waals surface area contributed by atoms with Gasteiger partial charge in [-0.2, -0.15) is 0 Å². The molecule has 0 bridgehead atoms. The lowest BCUT2D eigenvalue weighted by molar-refractivity contribution is 0.516. The Morgan fingerprint density at radius 2 is 1.39 bits per heavy atom. The van der Waals surface area contributed by atoms with Crippen LogP contribution in [0.3, 0.4) is 0 Å². The van der Waals surface area contributed by atoms with E-state index in [0.29, 0.717) is 0 Å². The fraction of sp³-hybridized carbons (Fsp3) is 0.667. The van der Waals surface area contributed by atoms with Crippen LogP contribution in [-0.4, -0.2) is 0 Å². The van der Waals surface area contributed by atoms with E-state index in [1.807, 2.05) is 6.08 Å². The van der Waals surface area contributed by atoms with Gasteiger partial charge in [0.05, 0.1) is 0 Å².